The van der Waals surface area contributed by atoms with Crippen molar-refractivity contribution in [2.75, 3.05) is 4.72 Å². The molecule has 0 unspecified atom stereocenters. The van der Waals surface area contributed by atoms with Crippen LogP contribution in [0.5, 0.6) is 0 Å². The van der Waals surface area contributed by atoms with Crippen molar-refractivity contribution >= 4 is 23.6 Å². The summed E-state index contributed by atoms with van der Waals surface area (Å²) in [6.07, 6.45) is -2.11. The number of rotatable bonds is 6. The quantitative estimate of drug-likeness (QED) is 0.434. The fourth-order valence-corrected chi connectivity index (χ4v) is 3.64. The first kappa shape index (κ1) is 19.9. The zero-order valence-corrected chi connectivity index (χ0v) is 15.6. The molecule has 0 fully saturated rings. The van der Waals surface area contributed by atoms with Crippen LogP contribution in [-0.2, 0) is 12.6 Å². The Labute approximate surface area is 163 Å². The number of aryl methyl sites for hydroxylation is 1. The number of aromatic amines is 1. The number of carboxylic acid groups (broad SMARTS) is 1. The number of aromatic carboxylic acids is 1. The Balaban J connectivity index is 1.97. The highest BCUT2D eigenvalue weighted by Gasteiger charge is 2.31. The molecule has 0 aliphatic rings. The van der Waals surface area contributed by atoms with E-state index in [1.165, 1.54) is 18.2 Å². The van der Waals surface area contributed by atoms with E-state index in [2.05, 4.69) is 9.71 Å². The Hall–Kier alpha value is -2.87. The molecule has 0 radical (unpaired) electrons. The molecule has 0 saturated carbocycles. The van der Waals surface area contributed by atoms with Crippen molar-refractivity contribution in [2.45, 2.75) is 24.4 Å². The summed E-state index contributed by atoms with van der Waals surface area (Å²) in [5, 5.41) is 9.19. The molecule has 8 heteroatoms. The molecule has 0 aliphatic heterocycles. The highest BCUT2D eigenvalue weighted by atomic mass is 32.2. The van der Waals surface area contributed by atoms with E-state index in [0.29, 0.717) is 22.6 Å². The fourth-order valence-electron chi connectivity index (χ4n) is 2.72. The Kier molecular flexibility index (Phi) is 5.69. The van der Waals surface area contributed by atoms with Crippen molar-refractivity contribution < 1.29 is 23.1 Å². The molecule has 2 aromatic carbocycles. The van der Waals surface area contributed by atoms with Gasteiger partial charge in [0, 0.05) is 22.3 Å². The molecule has 4 nitrogen and oxygen atoms in total. The zero-order chi connectivity index (χ0) is 20.3. The number of anilines is 1. The topological polar surface area (TPSA) is 65.1 Å². The highest BCUT2D eigenvalue weighted by molar-refractivity contribution is 8.00. The van der Waals surface area contributed by atoms with Crippen LogP contribution in [0.15, 0.2) is 59.6 Å². The van der Waals surface area contributed by atoms with Gasteiger partial charge in [0.25, 0.3) is 0 Å². The fraction of sp³-hybridized carbons (Fsp3) is 0.150. The van der Waals surface area contributed by atoms with Gasteiger partial charge in [0.2, 0.25) is 0 Å². The predicted molar refractivity (Wildman–Crippen MR) is 103 cm³/mol. The molecular weight excluding hydrogens is 389 g/mol. The van der Waals surface area contributed by atoms with Gasteiger partial charge in [-0.25, -0.2) is 4.79 Å². The van der Waals surface area contributed by atoms with E-state index in [1.54, 1.807) is 24.4 Å². The second kappa shape index (κ2) is 8.02. The molecular formula is C20H17F3N2O2S. The number of aromatic nitrogens is 1. The van der Waals surface area contributed by atoms with Crippen LogP contribution >= 0.6 is 11.9 Å². The molecule has 0 saturated heterocycles. The summed E-state index contributed by atoms with van der Waals surface area (Å²) in [4.78, 5) is 14.9. The zero-order valence-electron chi connectivity index (χ0n) is 14.8. The first-order valence-electron chi connectivity index (χ1n) is 8.43. The lowest BCUT2D eigenvalue weighted by molar-refractivity contribution is -0.137. The number of H-pyrrole nitrogens is 1. The molecule has 146 valence electrons. The lowest BCUT2D eigenvalue weighted by atomic mass is 10.1. The van der Waals surface area contributed by atoms with E-state index in [4.69, 9.17) is 0 Å². The van der Waals surface area contributed by atoms with Crippen molar-refractivity contribution in [1.82, 2.24) is 4.98 Å². The summed E-state index contributed by atoms with van der Waals surface area (Å²) in [6.45, 7) is 1.93. The summed E-state index contributed by atoms with van der Waals surface area (Å²) < 4.78 is 42.4. The maximum Gasteiger partial charge on any atom is 0.416 e. The molecule has 0 aliphatic carbocycles. The highest BCUT2D eigenvalue weighted by Crippen LogP contribution is 2.37. The minimum absolute atomic E-state index is 0.120. The van der Waals surface area contributed by atoms with E-state index >= 15 is 0 Å². The van der Waals surface area contributed by atoms with Crippen LogP contribution in [0.4, 0.5) is 18.9 Å². The predicted octanol–water partition coefficient (Wildman–Crippen LogP) is 6.08. The van der Waals surface area contributed by atoms with E-state index in [0.717, 1.165) is 29.6 Å². The minimum Gasteiger partial charge on any atom is -0.478 e. The number of benzene rings is 2. The van der Waals surface area contributed by atoms with Crippen LogP contribution in [0.3, 0.4) is 0 Å². The number of halogens is 3. The first-order valence-corrected chi connectivity index (χ1v) is 9.25. The Morgan fingerprint density at radius 2 is 1.96 bits per heavy atom. The van der Waals surface area contributed by atoms with Gasteiger partial charge in [0.1, 0.15) is 0 Å². The summed E-state index contributed by atoms with van der Waals surface area (Å²) in [6, 6.07) is 11.8. The average Bonchev–Trinajstić information content (AvgIpc) is 3.19. The smallest absolute Gasteiger partial charge is 0.416 e. The molecule has 0 spiro atoms. The maximum atomic E-state index is 13.2. The van der Waals surface area contributed by atoms with Crippen molar-refractivity contribution in [1.29, 1.82) is 0 Å². The Morgan fingerprint density at radius 3 is 2.57 bits per heavy atom. The van der Waals surface area contributed by atoms with E-state index in [1.807, 2.05) is 6.92 Å². The number of hydrogen-bond donors (Lipinski definition) is 3. The van der Waals surface area contributed by atoms with Crippen molar-refractivity contribution in [3.8, 4) is 11.3 Å². The summed E-state index contributed by atoms with van der Waals surface area (Å²) in [5.41, 5.74) is 1.79. The number of nitrogens with one attached hydrogen (secondary N) is 2. The number of alkyl halides is 3. The van der Waals surface area contributed by atoms with Crippen LogP contribution in [0.2, 0.25) is 0 Å². The maximum absolute atomic E-state index is 13.2. The van der Waals surface area contributed by atoms with Gasteiger partial charge in [-0.1, -0.05) is 19.1 Å². The number of carbonyl (C=O) groups is 1. The Bertz CT molecular complexity index is 986. The standard InChI is InChI=1S/C20H17F3N2O2S/c1-2-12-5-6-13(19(26)27)10-18(12)28-25-17-11-14(20(21,22)23)7-8-15(17)16-4-3-9-24-16/h3-11,24-25H,2H2,1H3,(H,26,27). The van der Waals surface area contributed by atoms with E-state index < -0.39 is 17.7 Å². The van der Waals surface area contributed by atoms with Crippen molar-refractivity contribution in [3.63, 3.8) is 0 Å². The molecule has 1 heterocycles. The van der Waals surface area contributed by atoms with Crippen molar-refractivity contribution in [2.24, 2.45) is 0 Å². The number of hydrogen-bond acceptors (Lipinski definition) is 3. The normalized spacial score (nSPS) is 11.4. The van der Waals surface area contributed by atoms with E-state index in [-0.39, 0.29) is 11.3 Å². The lowest BCUT2D eigenvalue weighted by Gasteiger charge is -2.15. The molecule has 3 N–H and O–H groups in total. The van der Waals surface area contributed by atoms with E-state index in [9.17, 15) is 23.1 Å². The molecule has 3 aromatic rings. The van der Waals surface area contributed by atoms with Gasteiger partial charge in [-0.05, 0) is 60.3 Å². The van der Waals surface area contributed by atoms with Gasteiger partial charge >= 0.3 is 12.1 Å². The molecule has 0 amide bonds. The average molecular weight is 406 g/mol. The van der Waals surface area contributed by atoms with Gasteiger partial charge in [0.15, 0.2) is 0 Å². The van der Waals surface area contributed by atoms with Crippen molar-refractivity contribution in [3.05, 3.63) is 71.4 Å². The molecule has 0 atom stereocenters. The largest absolute Gasteiger partial charge is 0.478 e. The van der Waals surface area contributed by atoms with Gasteiger partial charge < -0.3 is 14.8 Å². The summed E-state index contributed by atoms with van der Waals surface area (Å²) >= 11 is 1.09. The van der Waals surface area contributed by atoms with Gasteiger partial charge in [-0.3, -0.25) is 0 Å². The van der Waals surface area contributed by atoms with Crippen LogP contribution in [0.1, 0.15) is 28.4 Å². The summed E-state index contributed by atoms with van der Waals surface area (Å²) in [5.74, 6) is -1.06. The third-order valence-corrected chi connectivity index (χ3v) is 5.12. The SMILES string of the molecule is CCc1ccc(C(=O)O)cc1SNc1cc(C(F)(F)F)ccc1-c1ccc[nH]1. The first-order chi connectivity index (χ1) is 13.3. The van der Waals surface area contributed by atoms with Crippen LogP contribution in [-0.4, -0.2) is 16.1 Å². The second-order valence-corrected chi connectivity index (χ2v) is 6.88. The Morgan fingerprint density at radius 1 is 1.18 bits per heavy atom. The monoisotopic (exact) mass is 406 g/mol. The minimum atomic E-state index is -4.47. The van der Waals surface area contributed by atoms with Crippen LogP contribution in [0.25, 0.3) is 11.3 Å². The third-order valence-electron chi connectivity index (χ3n) is 4.20. The number of carboxylic acids is 1. The van der Waals surface area contributed by atoms with Gasteiger partial charge in [-0.2, -0.15) is 13.2 Å². The van der Waals surface area contributed by atoms with Gasteiger partial charge in [0.05, 0.1) is 16.8 Å². The second-order valence-electron chi connectivity index (χ2n) is 6.03. The molecule has 3 rings (SSSR count). The van der Waals surface area contributed by atoms with Gasteiger partial charge in [-0.15, -0.1) is 0 Å². The lowest BCUT2D eigenvalue weighted by Crippen LogP contribution is -2.06. The molecule has 28 heavy (non-hydrogen) atoms. The van der Waals surface area contributed by atoms with Crippen LogP contribution in [0, 0.1) is 0 Å². The third kappa shape index (κ3) is 4.33. The summed E-state index contributed by atoms with van der Waals surface area (Å²) in [7, 11) is 0. The molecule has 1 aromatic heterocycles. The van der Waals surface area contributed by atoms with Crippen LogP contribution < -0.4 is 4.72 Å². The molecule has 0 bridgehead atoms.